The minimum Gasteiger partial charge on any atom is -0.316 e. The van der Waals surface area contributed by atoms with Crippen molar-refractivity contribution in [3.05, 3.63) is 0 Å². The highest BCUT2D eigenvalue weighted by molar-refractivity contribution is 5.00. The fraction of sp³-hybridized carbons (Fsp3) is 1.00. The molecule has 1 aliphatic carbocycles. The summed E-state index contributed by atoms with van der Waals surface area (Å²) < 4.78 is 13.1. The van der Waals surface area contributed by atoms with Crippen molar-refractivity contribution in [1.29, 1.82) is 0 Å². The lowest BCUT2D eigenvalue weighted by Gasteiger charge is -2.48. The number of hydrogen-bond donors (Lipinski definition) is 1. The van der Waals surface area contributed by atoms with Crippen LogP contribution in [0.25, 0.3) is 0 Å². The highest BCUT2D eigenvalue weighted by Gasteiger charge is 2.48. The van der Waals surface area contributed by atoms with Crippen LogP contribution in [0.2, 0.25) is 0 Å². The third kappa shape index (κ3) is 2.16. The molecule has 66 valence electrons. The van der Waals surface area contributed by atoms with Crippen LogP contribution < -0.4 is 5.32 Å². The molecule has 0 aliphatic heterocycles. The Labute approximate surface area is 68.4 Å². The van der Waals surface area contributed by atoms with E-state index in [9.17, 15) is 4.39 Å². The molecule has 2 heteroatoms. The van der Waals surface area contributed by atoms with E-state index in [1.54, 1.807) is 6.92 Å². The van der Waals surface area contributed by atoms with Crippen molar-refractivity contribution >= 4 is 0 Å². The zero-order valence-corrected chi connectivity index (χ0v) is 7.71. The lowest BCUT2D eigenvalue weighted by atomic mass is 9.62. The van der Waals surface area contributed by atoms with Gasteiger partial charge in [-0.1, -0.05) is 13.8 Å². The van der Waals surface area contributed by atoms with Crippen LogP contribution in [0, 0.1) is 5.41 Å². The molecule has 1 saturated carbocycles. The van der Waals surface area contributed by atoms with E-state index in [0.29, 0.717) is 12.8 Å². The summed E-state index contributed by atoms with van der Waals surface area (Å²) in [6.07, 6.45) is 1.43. The molecule has 11 heavy (non-hydrogen) atoms. The average Bonchev–Trinajstić information content (AvgIpc) is 1.79. The first kappa shape index (κ1) is 8.98. The SMILES string of the molecule is CCNCC1(C)CC(C)(F)C1. The van der Waals surface area contributed by atoms with Crippen molar-refractivity contribution in [2.45, 2.75) is 39.3 Å². The van der Waals surface area contributed by atoms with Crippen LogP contribution in [0.15, 0.2) is 0 Å². The molecule has 1 aliphatic rings. The Hall–Kier alpha value is -0.110. The molecule has 1 fully saturated rings. The van der Waals surface area contributed by atoms with Crippen LogP contribution in [-0.2, 0) is 0 Å². The van der Waals surface area contributed by atoms with Crippen molar-refractivity contribution in [2.75, 3.05) is 13.1 Å². The highest BCUT2D eigenvalue weighted by atomic mass is 19.1. The minimum atomic E-state index is -0.885. The molecule has 0 atom stereocenters. The summed E-state index contributed by atoms with van der Waals surface area (Å²) >= 11 is 0. The second kappa shape index (κ2) is 2.74. The fourth-order valence-corrected chi connectivity index (χ4v) is 2.28. The van der Waals surface area contributed by atoms with Gasteiger partial charge >= 0.3 is 0 Å². The molecule has 0 aromatic heterocycles. The maximum absolute atomic E-state index is 13.1. The molecular formula is C9H18FN. The number of nitrogens with one attached hydrogen (secondary N) is 1. The van der Waals surface area contributed by atoms with Crippen molar-refractivity contribution in [1.82, 2.24) is 5.32 Å². The Bertz CT molecular complexity index is 134. The van der Waals surface area contributed by atoms with E-state index in [1.807, 2.05) is 0 Å². The Morgan fingerprint density at radius 1 is 1.36 bits per heavy atom. The van der Waals surface area contributed by atoms with Gasteiger partial charge in [-0.3, -0.25) is 0 Å². The molecule has 0 amide bonds. The topological polar surface area (TPSA) is 12.0 Å². The molecule has 1 N–H and O–H groups in total. The first-order valence-electron chi connectivity index (χ1n) is 4.37. The average molecular weight is 159 g/mol. The molecule has 0 aromatic rings. The van der Waals surface area contributed by atoms with Crippen LogP contribution in [-0.4, -0.2) is 18.8 Å². The van der Waals surface area contributed by atoms with E-state index in [-0.39, 0.29) is 5.41 Å². The first-order chi connectivity index (χ1) is 4.97. The fourth-order valence-electron chi connectivity index (χ4n) is 2.28. The van der Waals surface area contributed by atoms with E-state index in [0.717, 1.165) is 13.1 Å². The Morgan fingerprint density at radius 2 is 1.91 bits per heavy atom. The van der Waals surface area contributed by atoms with Gasteiger partial charge in [0.25, 0.3) is 0 Å². The molecule has 0 saturated heterocycles. The van der Waals surface area contributed by atoms with E-state index in [4.69, 9.17) is 0 Å². The Morgan fingerprint density at radius 3 is 2.27 bits per heavy atom. The monoisotopic (exact) mass is 159 g/mol. The van der Waals surface area contributed by atoms with E-state index in [1.165, 1.54) is 0 Å². The first-order valence-corrected chi connectivity index (χ1v) is 4.37. The summed E-state index contributed by atoms with van der Waals surface area (Å²) in [5, 5.41) is 3.26. The summed E-state index contributed by atoms with van der Waals surface area (Å²) in [7, 11) is 0. The third-order valence-electron chi connectivity index (χ3n) is 2.39. The van der Waals surface area contributed by atoms with E-state index in [2.05, 4.69) is 19.2 Å². The highest BCUT2D eigenvalue weighted by Crippen LogP contribution is 2.49. The van der Waals surface area contributed by atoms with Crippen LogP contribution in [0.5, 0.6) is 0 Å². The molecule has 1 nitrogen and oxygen atoms in total. The van der Waals surface area contributed by atoms with Crippen LogP contribution in [0.1, 0.15) is 33.6 Å². The minimum absolute atomic E-state index is 0.222. The lowest BCUT2D eigenvalue weighted by Crippen LogP contribution is -2.50. The summed E-state index contributed by atoms with van der Waals surface area (Å²) in [5.74, 6) is 0. The molecule has 0 radical (unpaired) electrons. The van der Waals surface area contributed by atoms with Gasteiger partial charge < -0.3 is 5.32 Å². The molecule has 0 heterocycles. The normalized spacial score (nSPS) is 43.6. The Kier molecular flexibility index (Phi) is 2.24. The smallest absolute Gasteiger partial charge is 0.109 e. The van der Waals surface area contributed by atoms with Crippen LogP contribution >= 0.6 is 0 Å². The van der Waals surface area contributed by atoms with Gasteiger partial charge in [0.2, 0.25) is 0 Å². The predicted molar refractivity (Wildman–Crippen MR) is 45.4 cm³/mol. The number of halogens is 1. The third-order valence-corrected chi connectivity index (χ3v) is 2.39. The van der Waals surface area contributed by atoms with Crippen LogP contribution in [0.3, 0.4) is 0 Å². The van der Waals surface area contributed by atoms with Gasteiger partial charge in [0.05, 0.1) is 0 Å². The van der Waals surface area contributed by atoms with Gasteiger partial charge in [-0.25, -0.2) is 4.39 Å². The second-order valence-corrected chi connectivity index (χ2v) is 4.36. The molecule has 0 bridgehead atoms. The molecular weight excluding hydrogens is 141 g/mol. The number of rotatable bonds is 3. The largest absolute Gasteiger partial charge is 0.316 e. The maximum Gasteiger partial charge on any atom is 0.109 e. The standard InChI is InChI=1S/C9H18FN/c1-4-11-7-8(2)5-9(3,10)6-8/h11H,4-7H2,1-3H3. The van der Waals surface area contributed by atoms with Crippen molar-refractivity contribution in [3.8, 4) is 0 Å². The van der Waals surface area contributed by atoms with Gasteiger partial charge in [0.1, 0.15) is 5.67 Å². The lowest BCUT2D eigenvalue weighted by molar-refractivity contribution is -0.0407. The van der Waals surface area contributed by atoms with E-state index >= 15 is 0 Å². The van der Waals surface area contributed by atoms with Crippen LogP contribution in [0.4, 0.5) is 4.39 Å². The zero-order chi connectivity index (χ0) is 8.54. The van der Waals surface area contributed by atoms with Gasteiger partial charge in [-0.2, -0.15) is 0 Å². The van der Waals surface area contributed by atoms with Crippen molar-refractivity contribution < 1.29 is 4.39 Å². The van der Waals surface area contributed by atoms with Crippen molar-refractivity contribution in [2.24, 2.45) is 5.41 Å². The van der Waals surface area contributed by atoms with E-state index < -0.39 is 5.67 Å². The number of hydrogen-bond acceptors (Lipinski definition) is 1. The summed E-state index contributed by atoms with van der Waals surface area (Å²) in [4.78, 5) is 0. The van der Waals surface area contributed by atoms with Crippen molar-refractivity contribution in [3.63, 3.8) is 0 Å². The Balaban J connectivity index is 2.25. The molecule has 0 unspecified atom stereocenters. The molecule has 0 spiro atoms. The quantitative estimate of drug-likeness (QED) is 0.665. The maximum atomic E-state index is 13.1. The number of alkyl halides is 1. The van der Waals surface area contributed by atoms with Gasteiger partial charge in [-0.15, -0.1) is 0 Å². The second-order valence-electron chi connectivity index (χ2n) is 4.36. The van der Waals surface area contributed by atoms with Gasteiger partial charge in [-0.05, 0) is 31.7 Å². The summed E-state index contributed by atoms with van der Waals surface area (Å²) in [6, 6.07) is 0. The molecule has 0 aromatic carbocycles. The zero-order valence-electron chi connectivity index (χ0n) is 7.71. The molecule has 1 rings (SSSR count). The summed E-state index contributed by atoms with van der Waals surface area (Å²) in [5.41, 5.74) is -0.663. The summed E-state index contributed by atoms with van der Waals surface area (Å²) in [6.45, 7) is 7.87. The van der Waals surface area contributed by atoms with Gasteiger partial charge in [0.15, 0.2) is 0 Å². The predicted octanol–water partition coefficient (Wildman–Crippen LogP) is 2.12. The van der Waals surface area contributed by atoms with Gasteiger partial charge in [0, 0.05) is 6.54 Å².